The molecule has 1 heterocycles. The molecule has 1 aromatic heterocycles. The van der Waals surface area contributed by atoms with Crippen molar-refractivity contribution in [2.75, 3.05) is 7.11 Å². The van der Waals surface area contributed by atoms with Crippen molar-refractivity contribution in [3.8, 4) is 5.75 Å². The number of hydrogen-bond donors (Lipinski definition) is 1. The lowest BCUT2D eigenvalue weighted by Gasteiger charge is -2.06. The van der Waals surface area contributed by atoms with Gasteiger partial charge in [-0.05, 0) is 52.3 Å². The molecule has 4 nitrogen and oxygen atoms in total. The number of rotatable bonds is 4. The van der Waals surface area contributed by atoms with Crippen LogP contribution in [0.1, 0.15) is 5.82 Å². The van der Waals surface area contributed by atoms with Crippen molar-refractivity contribution in [1.82, 2.24) is 9.97 Å². The van der Waals surface area contributed by atoms with Crippen LogP contribution in [0.5, 0.6) is 5.75 Å². The van der Waals surface area contributed by atoms with Crippen LogP contribution < -0.4 is 10.3 Å². The molecule has 0 aliphatic rings. The summed E-state index contributed by atoms with van der Waals surface area (Å²) < 4.78 is 6.77. The van der Waals surface area contributed by atoms with Crippen molar-refractivity contribution in [1.29, 1.82) is 0 Å². The Morgan fingerprint density at radius 3 is 2.65 bits per heavy atom. The van der Waals surface area contributed by atoms with Crippen LogP contribution in [0.2, 0.25) is 0 Å². The van der Waals surface area contributed by atoms with Crippen LogP contribution in [0.15, 0.2) is 55.0 Å². The summed E-state index contributed by atoms with van der Waals surface area (Å²) in [5.41, 5.74) is 0.532. The molecule has 0 saturated heterocycles. The number of aromatic amines is 1. The van der Waals surface area contributed by atoms with E-state index < -0.39 is 0 Å². The minimum atomic E-state index is -0.137. The Balaban J connectivity index is 1.87. The molecule has 0 fully saturated rings. The molecular weight excluding hydrogens is 444 g/mol. The van der Waals surface area contributed by atoms with Crippen LogP contribution in [-0.4, -0.2) is 17.1 Å². The summed E-state index contributed by atoms with van der Waals surface area (Å²) in [5.74, 6) is 2.05. The zero-order valence-corrected chi connectivity index (χ0v) is 16.1. The second-order valence-electron chi connectivity index (χ2n) is 4.76. The molecule has 3 rings (SSSR count). The number of benzene rings is 2. The second-order valence-corrected chi connectivity index (χ2v) is 7.58. The Bertz CT molecular complexity index is 910. The van der Waals surface area contributed by atoms with Crippen molar-refractivity contribution in [2.24, 2.45) is 0 Å². The van der Waals surface area contributed by atoms with Crippen molar-refractivity contribution < 1.29 is 4.74 Å². The average molecular weight is 456 g/mol. The Hall–Kier alpha value is -1.31. The number of nitrogens with one attached hydrogen (secondary N) is 1. The molecule has 2 aromatic carbocycles. The van der Waals surface area contributed by atoms with E-state index in [2.05, 4.69) is 41.8 Å². The number of thioether (sulfide) groups is 1. The monoisotopic (exact) mass is 454 g/mol. The summed E-state index contributed by atoms with van der Waals surface area (Å²) in [6.07, 6.45) is 0. The molecule has 0 bridgehead atoms. The number of fused-ring (bicyclic) bond motifs is 1. The first-order chi connectivity index (χ1) is 11.1. The molecule has 0 atom stereocenters. The first-order valence-corrected chi connectivity index (χ1v) is 9.29. The van der Waals surface area contributed by atoms with Gasteiger partial charge >= 0.3 is 0 Å². The number of methoxy groups -OCH3 is 1. The minimum absolute atomic E-state index is 0.137. The lowest BCUT2D eigenvalue weighted by Crippen LogP contribution is -2.11. The largest absolute Gasteiger partial charge is 0.497 e. The summed E-state index contributed by atoms with van der Waals surface area (Å²) in [7, 11) is 1.64. The highest BCUT2D eigenvalue weighted by Crippen LogP contribution is 2.27. The summed E-state index contributed by atoms with van der Waals surface area (Å²) in [4.78, 5) is 20.7. The van der Waals surface area contributed by atoms with Crippen molar-refractivity contribution in [3.05, 3.63) is 61.5 Å². The van der Waals surface area contributed by atoms with E-state index in [1.165, 1.54) is 0 Å². The van der Waals surface area contributed by atoms with Gasteiger partial charge < -0.3 is 9.72 Å². The van der Waals surface area contributed by atoms with Gasteiger partial charge in [-0.15, -0.1) is 11.8 Å². The molecule has 0 aliphatic heterocycles. The summed E-state index contributed by atoms with van der Waals surface area (Å²) >= 11 is 8.45. The number of aromatic nitrogens is 2. The topological polar surface area (TPSA) is 55.0 Å². The zero-order valence-electron chi connectivity index (χ0n) is 12.1. The normalized spacial score (nSPS) is 10.9. The van der Waals surface area contributed by atoms with Crippen molar-refractivity contribution in [3.63, 3.8) is 0 Å². The summed E-state index contributed by atoms with van der Waals surface area (Å²) in [5, 5.41) is 0.560. The molecule has 7 heteroatoms. The molecule has 0 amide bonds. The molecule has 1 N–H and O–H groups in total. The fraction of sp³-hybridized carbons (Fsp3) is 0.125. The van der Waals surface area contributed by atoms with Crippen LogP contribution in [0.25, 0.3) is 10.9 Å². The molecule has 0 saturated carbocycles. The molecule has 3 aromatic rings. The molecular formula is C16H12Br2N2O2S. The van der Waals surface area contributed by atoms with E-state index in [4.69, 9.17) is 4.74 Å². The number of ether oxygens (including phenoxy) is 1. The Morgan fingerprint density at radius 2 is 1.96 bits per heavy atom. The maximum absolute atomic E-state index is 12.2. The van der Waals surface area contributed by atoms with Gasteiger partial charge in [-0.3, -0.25) is 4.79 Å². The van der Waals surface area contributed by atoms with Crippen molar-refractivity contribution in [2.45, 2.75) is 10.6 Å². The number of nitrogens with zero attached hydrogens (tertiary/aromatic N) is 1. The quantitative estimate of drug-likeness (QED) is 0.576. The highest BCUT2D eigenvalue weighted by Gasteiger charge is 2.09. The third-order valence-electron chi connectivity index (χ3n) is 3.21. The SMILES string of the molecule is COc1ccc(SCc2nc3c(Br)cc(Br)cc3c(=O)[nH]2)cc1. The number of halogens is 2. The van der Waals surface area contributed by atoms with Gasteiger partial charge in [0.1, 0.15) is 11.6 Å². The van der Waals surface area contributed by atoms with Crippen LogP contribution in [0, 0.1) is 0 Å². The summed E-state index contributed by atoms with van der Waals surface area (Å²) in [6, 6.07) is 11.4. The molecule has 118 valence electrons. The van der Waals surface area contributed by atoms with Gasteiger partial charge in [0.2, 0.25) is 0 Å². The van der Waals surface area contributed by atoms with Crippen LogP contribution >= 0.6 is 43.6 Å². The Labute approximate surface area is 153 Å². The lowest BCUT2D eigenvalue weighted by atomic mass is 10.2. The van der Waals surface area contributed by atoms with Gasteiger partial charge in [-0.25, -0.2) is 4.98 Å². The summed E-state index contributed by atoms with van der Waals surface area (Å²) in [6.45, 7) is 0. The minimum Gasteiger partial charge on any atom is -0.497 e. The smallest absolute Gasteiger partial charge is 0.258 e. The number of H-pyrrole nitrogens is 1. The van der Waals surface area contributed by atoms with Gasteiger partial charge in [0.05, 0.1) is 23.8 Å². The van der Waals surface area contributed by atoms with Gasteiger partial charge in [-0.2, -0.15) is 0 Å². The molecule has 0 radical (unpaired) electrons. The predicted molar refractivity (Wildman–Crippen MR) is 100 cm³/mol. The predicted octanol–water partition coefficient (Wildman–Crippen LogP) is 4.75. The van der Waals surface area contributed by atoms with E-state index in [1.807, 2.05) is 30.3 Å². The van der Waals surface area contributed by atoms with Gasteiger partial charge in [0, 0.05) is 13.8 Å². The first-order valence-electron chi connectivity index (χ1n) is 6.71. The van der Waals surface area contributed by atoms with Crippen LogP contribution in [0.3, 0.4) is 0 Å². The third-order valence-corrected chi connectivity index (χ3v) is 5.30. The van der Waals surface area contributed by atoms with E-state index in [9.17, 15) is 4.79 Å². The fourth-order valence-electron chi connectivity index (χ4n) is 2.11. The Kier molecular flexibility index (Phi) is 5.08. The van der Waals surface area contributed by atoms with Crippen molar-refractivity contribution >= 4 is 54.5 Å². The third kappa shape index (κ3) is 3.79. The molecule has 0 aliphatic carbocycles. The lowest BCUT2D eigenvalue weighted by molar-refractivity contribution is 0.414. The molecule has 0 spiro atoms. The van der Waals surface area contributed by atoms with Gasteiger partial charge in [0.15, 0.2) is 0 Å². The standard InChI is InChI=1S/C16H12Br2N2O2S/c1-22-10-2-4-11(5-3-10)23-8-14-19-15-12(16(21)20-14)6-9(17)7-13(15)18/h2-7H,8H2,1H3,(H,19,20,21). The average Bonchev–Trinajstić information content (AvgIpc) is 2.54. The van der Waals surface area contributed by atoms with E-state index in [1.54, 1.807) is 24.9 Å². The highest BCUT2D eigenvalue weighted by atomic mass is 79.9. The van der Waals surface area contributed by atoms with E-state index in [0.717, 1.165) is 19.6 Å². The highest BCUT2D eigenvalue weighted by molar-refractivity contribution is 9.11. The Morgan fingerprint density at radius 1 is 1.22 bits per heavy atom. The maximum Gasteiger partial charge on any atom is 0.258 e. The van der Waals surface area contributed by atoms with E-state index in [-0.39, 0.29) is 5.56 Å². The zero-order chi connectivity index (χ0) is 16.4. The maximum atomic E-state index is 12.2. The molecule has 0 unspecified atom stereocenters. The van der Waals surface area contributed by atoms with Gasteiger partial charge in [-0.1, -0.05) is 15.9 Å². The molecule has 23 heavy (non-hydrogen) atoms. The van der Waals surface area contributed by atoms with Gasteiger partial charge in [0.25, 0.3) is 5.56 Å². The first kappa shape index (κ1) is 16.5. The van der Waals surface area contributed by atoms with E-state index >= 15 is 0 Å². The second kappa shape index (κ2) is 7.07. The van der Waals surface area contributed by atoms with Crippen LogP contribution in [-0.2, 0) is 5.75 Å². The fourth-order valence-corrected chi connectivity index (χ4v) is 4.19. The van der Waals surface area contributed by atoms with E-state index in [0.29, 0.717) is 22.5 Å². The number of hydrogen-bond acceptors (Lipinski definition) is 4. The van der Waals surface area contributed by atoms with Crippen LogP contribution in [0.4, 0.5) is 0 Å².